The van der Waals surface area contributed by atoms with E-state index in [1.165, 1.54) is 12.1 Å². The number of methoxy groups -OCH3 is 1. The fourth-order valence-corrected chi connectivity index (χ4v) is 2.55. The molecule has 6 nitrogen and oxygen atoms in total. The first-order valence-corrected chi connectivity index (χ1v) is 7.64. The lowest BCUT2D eigenvalue weighted by atomic mass is 10.1. The van der Waals surface area contributed by atoms with E-state index in [-0.39, 0.29) is 5.69 Å². The molecule has 118 valence electrons. The van der Waals surface area contributed by atoms with Gasteiger partial charge in [-0.15, -0.1) is 0 Å². The van der Waals surface area contributed by atoms with E-state index < -0.39 is 4.92 Å². The van der Waals surface area contributed by atoms with Crippen LogP contribution in [0.4, 0.5) is 5.69 Å². The van der Waals surface area contributed by atoms with E-state index in [0.717, 1.165) is 30.9 Å². The normalized spacial score (nSPS) is 10.8. The highest BCUT2D eigenvalue weighted by molar-refractivity contribution is 9.10. The van der Waals surface area contributed by atoms with Crippen LogP contribution in [-0.2, 0) is 11.3 Å². The largest absolute Gasteiger partial charge is 0.460 e. The summed E-state index contributed by atoms with van der Waals surface area (Å²) in [5, 5.41) is 14.0. The zero-order chi connectivity index (χ0) is 15.9. The predicted octanol–water partition coefficient (Wildman–Crippen LogP) is 3.74. The maximum Gasteiger partial charge on any atom is 0.270 e. The number of rotatable bonds is 8. The number of hydrogen-bond donors (Lipinski definition) is 1. The minimum atomic E-state index is -0.425. The lowest BCUT2D eigenvalue weighted by Crippen LogP contribution is -2.15. The van der Waals surface area contributed by atoms with Gasteiger partial charge in [-0.2, -0.15) is 0 Å². The SMILES string of the molecule is COCCCNCc1ccc(-c2ccc([N+](=O)[O-])cc2Br)o1. The Balaban J connectivity index is 2.00. The summed E-state index contributed by atoms with van der Waals surface area (Å²) in [5.41, 5.74) is 0.832. The average molecular weight is 369 g/mol. The molecule has 0 atom stereocenters. The van der Waals surface area contributed by atoms with Crippen molar-refractivity contribution in [1.82, 2.24) is 5.32 Å². The van der Waals surface area contributed by atoms with E-state index in [1.807, 2.05) is 12.1 Å². The smallest absolute Gasteiger partial charge is 0.270 e. The van der Waals surface area contributed by atoms with Gasteiger partial charge in [0.1, 0.15) is 11.5 Å². The van der Waals surface area contributed by atoms with E-state index in [1.54, 1.807) is 13.2 Å². The van der Waals surface area contributed by atoms with Gasteiger partial charge in [-0.25, -0.2) is 0 Å². The van der Waals surface area contributed by atoms with Gasteiger partial charge in [0.05, 0.1) is 11.5 Å². The number of benzene rings is 1. The second-order valence-electron chi connectivity index (χ2n) is 4.71. The predicted molar refractivity (Wildman–Crippen MR) is 86.7 cm³/mol. The van der Waals surface area contributed by atoms with Crippen LogP contribution in [0.25, 0.3) is 11.3 Å². The molecule has 0 spiro atoms. The number of nitrogens with zero attached hydrogens (tertiary/aromatic N) is 1. The molecule has 0 unspecified atom stereocenters. The summed E-state index contributed by atoms with van der Waals surface area (Å²) >= 11 is 3.35. The van der Waals surface area contributed by atoms with Crippen LogP contribution in [0.2, 0.25) is 0 Å². The first-order chi connectivity index (χ1) is 10.6. The van der Waals surface area contributed by atoms with Crippen LogP contribution in [0.5, 0.6) is 0 Å². The van der Waals surface area contributed by atoms with Crippen LogP contribution >= 0.6 is 15.9 Å². The summed E-state index contributed by atoms with van der Waals surface area (Å²) in [7, 11) is 1.68. The third kappa shape index (κ3) is 4.40. The standard InChI is InChI=1S/C15H17BrN2O4/c1-21-8-2-7-17-10-12-4-6-15(22-12)13-5-3-11(18(19)20)9-14(13)16/h3-6,9,17H,2,7-8,10H2,1H3. The Hall–Kier alpha value is -1.70. The van der Waals surface area contributed by atoms with E-state index in [9.17, 15) is 10.1 Å². The number of ether oxygens (including phenoxy) is 1. The van der Waals surface area contributed by atoms with Crippen LogP contribution < -0.4 is 5.32 Å². The van der Waals surface area contributed by atoms with Crippen molar-refractivity contribution in [3.05, 3.63) is 50.7 Å². The Kier molecular flexibility index (Phi) is 6.11. The van der Waals surface area contributed by atoms with Gasteiger partial charge in [0.25, 0.3) is 5.69 Å². The van der Waals surface area contributed by atoms with Crippen molar-refractivity contribution in [3.63, 3.8) is 0 Å². The van der Waals surface area contributed by atoms with Gasteiger partial charge in [-0.3, -0.25) is 10.1 Å². The number of halogens is 1. The van der Waals surface area contributed by atoms with Crippen LogP contribution in [0.3, 0.4) is 0 Å². The molecule has 0 bridgehead atoms. The summed E-state index contributed by atoms with van der Waals surface area (Å²) in [6.07, 6.45) is 0.942. The molecule has 0 aliphatic carbocycles. The van der Waals surface area contributed by atoms with Crippen molar-refractivity contribution < 1.29 is 14.1 Å². The summed E-state index contributed by atoms with van der Waals surface area (Å²) in [4.78, 5) is 10.3. The van der Waals surface area contributed by atoms with Gasteiger partial charge in [0, 0.05) is 35.9 Å². The molecule has 0 radical (unpaired) electrons. The van der Waals surface area contributed by atoms with E-state index in [4.69, 9.17) is 9.15 Å². The molecule has 0 saturated carbocycles. The molecule has 0 fully saturated rings. The minimum Gasteiger partial charge on any atom is -0.460 e. The van der Waals surface area contributed by atoms with E-state index in [2.05, 4.69) is 21.2 Å². The molecule has 1 N–H and O–H groups in total. The lowest BCUT2D eigenvalue weighted by Gasteiger charge is -2.03. The summed E-state index contributed by atoms with van der Waals surface area (Å²) in [6.45, 7) is 2.21. The number of nitro benzene ring substituents is 1. The molecule has 1 heterocycles. The molecule has 0 aliphatic rings. The molecular weight excluding hydrogens is 352 g/mol. The van der Waals surface area contributed by atoms with Crippen molar-refractivity contribution in [2.75, 3.05) is 20.3 Å². The van der Waals surface area contributed by atoms with Crippen LogP contribution in [0.15, 0.2) is 39.2 Å². The summed E-state index contributed by atoms with van der Waals surface area (Å²) in [6, 6.07) is 8.37. The fourth-order valence-electron chi connectivity index (χ4n) is 1.99. The number of nitrogens with one attached hydrogen (secondary N) is 1. The second kappa shape index (κ2) is 8.07. The third-order valence-corrected chi connectivity index (χ3v) is 3.75. The van der Waals surface area contributed by atoms with Crippen molar-refractivity contribution in [3.8, 4) is 11.3 Å². The quantitative estimate of drug-likeness (QED) is 0.436. The van der Waals surface area contributed by atoms with Gasteiger partial charge in [-0.05, 0) is 47.1 Å². The lowest BCUT2D eigenvalue weighted by molar-refractivity contribution is -0.384. The van der Waals surface area contributed by atoms with Crippen molar-refractivity contribution in [2.24, 2.45) is 0 Å². The highest BCUT2D eigenvalue weighted by atomic mass is 79.9. The monoisotopic (exact) mass is 368 g/mol. The van der Waals surface area contributed by atoms with Crippen LogP contribution in [-0.4, -0.2) is 25.2 Å². The van der Waals surface area contributed by atoms with Crippen molar-refractivity contribution in [1.29, 1.82) is 0 Å². The molecule has 2 rings (SSSR count). The first-order valence-electron chi connectivity index (χ1n) is 6.84. The number of hydrogen-bond acceptors (Lipinski definition) is 5. The Morgan fingerprint density at radius 1 is 1.36 bits per heavy atom. The van der Waals surface area contributed by atoms with Crippen LogP contribution in [0.1, 0.15) is 12.2 Å². The number of non-ortho nitro benzene ring substituents is 1. The molecule has 2 aromatic rings. The zero-order valence-electron chi connectivity index (χ0n) is 12.2. The molecule has 1 aromatic heterocycles. The topological polar surface area (TPSA) is 77.5 Å². The molecule has 0 amide bonds. The highest BCUT2D eigenvalue weighted by Crippen LogP contribution is 2.32. The first kappa shape index (κ1) is 16.7. The number of nitro groups is 1. The Morgan fingerprint density at radius 3 is 2.86 bits per heavy atom. The zero-order valence-corrected chi connectivity index (χ0v) is 13.8. The summed E-state index contributed by atoms with van der Waals surface area (Å²) < 4.78 is 11.4. The van der Waals surface area contributed by atoms with Gasteiger partial charge < -0.3 is 14.5 Å². The van der Waals surface area contributed by atoms with Gasteiger partial charge in [-0.1, -0.05) is 0 Å². The second-order valence-corrected chi connectivity index (χ2v) is 5.56. The number of furan rings is 1. The van der Waals surface area contributed by atoms with Crippen molar-refractivity contribution in [2.45, 2.75) is 13.0 Å². The Labute approximate surface area is 136 Å². The third-order valence-electron chi connectivity index (χ3n) is 3.09. The molecule has 1 aromatic carbocycles. The molecule has 0 saturated heterocycles. The van der Waals surface area contributed by atoms with E-state index in [0.29, 0.717) is 16.8 Å². The Bertz CT molecular complexity index is 642. The maximum atomic E-state index is 10.7. The fraction of sp³-hybridized carbons (Fsp3) is 0.333. The van der Waals surface area contributed by atoms with Gasteiger partial charge in [0.2, 0.25) is 0 Å². The Morgan fingerprint density at radius 2 is 2.18 bits per heavy atom. The minimum absolute atomic E-state index is 0.0437. The summed E-state index contributed by atoms with van der Waals surface area (Å²) in [5.74, 6) is 1.49. The van der Waals surface area contributed by atoms with Crippen LogP contribution in [0, 0.1) is 10.1 Å². The van der Waals surface area contributed by atoms with Crippen molar-refractivity contribution >= 4 is 21.6 Å². The van der Waals surface area contributed by atoms with E-state index >= 15 is 0 Å². The van der Waals surface area contributed by atoms with Gasteiger partial charge in [0.15, 0.2) is 0 Å². The molecule has 22 heavy (non-hydrogen) atoms. The average Bonchev–Trinajstić information content (AvgIpc) is 2.95. The molecule has 7 heteroatoms. The molecule has 0 aliphatic heterocycles. The van der Waals surface area contributed by atoms with Gasteiger partial charge >= 0.3 is 0 Å². The maximum absolute atomic E-state index is 10.7. The molecular formula is C15H17BrN2O4. The highest BCUT2D eigenvalue weighted by Gasteiger charge is 2.13.